The van der Waals surface area contributed by atoms with E-state index in [9.17, 15) is 9.59 Å². The van der Waals surface area contributed by atoms with Crippen LogP contribution in [0.5, 0.6) is 0 Å². The van der Waals surface area contributed by atoms with Crippen molar-refractivity contribution in [1.82, 2.24) is 15.2 Å². The van der Waals surface area contributed by atoms with Gasteiger partial charge in [-0.3, -0.25) is 14.6 Å². The fourth-order valence-corrected chi connectivity index (χ4v) is 3.99. The molecule has 0 radical (unpaired) electrons. The molecule has 156 valence electrons. The van der Waals surface area contributed by atoms with Crippen molar-refractivity contribution in [3.05, 3.63) is 65.5 Å². The van der Waals surface area contributed by atoms with E-state index in [0.29, 0.717) is 37.3 Å². The highest BCUT2D eigenvalue weighted by Gasteiger charge is 2.45. The van der Waals surface area contributed by atoms with Gasteiger partial charge in [0.2, 0.25) is 0 Å². The lowest BCUT2D eigenvalue weighted by Crippen LogP contribution is -2.51. The number of nitrogens with one attached hydrogen (secondary N) is 1. The Bertz CT molecular complexity index is 943. The van der Waals surface area contributed by atoms with Crippen molar-refractivity contribution in [3.8, 4) is 0 Å². The number of nitrogens with zero attached hydrogens (tertiary/aromatic N) is 3. The lowest BCUT2D eigenvalue weighted by molar-refractivity contribution is -0.115. The van der Waals surface area contributed by atoms with Gasteiger partial charge >= 0.3 is 0 Å². The number of hydrogen-bond acceptors (Lipinski definition) is 5. The van der Waals surface area contributed by atoms with E-state index < -0.39 is 5.60 Å². The average molecular weight is 406 g/mol. The van der Waals surface area contributed by atoms with Gasteiger partial charge in [0.05, 0.1) is 6.54 Å². The van der Waals surface area contributed by atoms with Crippen LogP contribution in [0.3, 0.4) is 0 Å². The quantitative estimate of drug-likeness (QED) is 0.828. The standard InChI is InChI=1S/C23H26N4O3/c1-2-17-6-8-19(9-7-17)22(29)27-12-4-10-23(16-27)13-20(26-30-23)21(28)25-15-18-5-3-11-24-14-18/h3,5-9,11,14H,2,4,10,12-13,15-16H2,1H3,(H,25,28). The summed E-state index contributed by atoms with van der Waals surface area (Å²) >= 11 is 0. The highest BCUT2D eigenvalue weighted by molar-refractivity contribution is 6.39. The van der Waals surface area contributed by atoms with Crippen molar-refractivity contribution < 1.29 is 14.4 Å². The number of carbonyl (C=O) groups excluding carboxylic acids is 2. The fraction of sp³-hybridized carbons (Fsp3) is 0.391. The summed E-state index contributed by atoms with van der Waals surface area (Å²) in [6, 6.07) is 11.5. The Labute approximate surface area is 176 Å². The molecule has 1 N–H and O–H groups in total. The fourth-order valence-electron chi connectivity index (χ4n) is 3.99. The monoisotopic (exact) mass is 406 g/mol. The molecule has 1 saturated heterocycles. The molecular formula is C23H26N4O3. The highest BCUT2D eigenvalue weighted by Crippen LogP contribution is 2.34. The third-order valence-corrected chi connectivity index (χ3v) is 5.71. The number of aryl methyl sites for hydroxylation is 1. The maximum Gasteiger partial charge on any atom is 0.269 e. The number of aromatic nitrogens is 1. The van der Waals surface area contributed by atoms with Crippen LogP contribution in [-0.2, 0) is 22.6 Å². The molecule has 1 unspecified atom stereocenters. The molecule has 2 aliphatic rings. The van der Waals surface area contributed by atoms with Gasteiger partial charge < -0.3 is 15.1 Å². The summed E-state index contributed by atoms with van der Waals surface area (Å²) in [5.74, 6) is -0.246. The lowest BCUT2D eigenvalue weighted by Gasteiger charge is -2.38. The zero-order valence-corrected chi connectivity index (χ0v) is 17.1. The van der Waals surface area contributed by atoms with Crippen molar-refractivity contribution in [3.63, 3.8) is 0 Å². The second-order valence-electron chi connectivity index (χ2n) is 7.91. The zero-order chi connectivity index (χ0) is 21.0. The van der Waals surface area contributed by atoms with E-state index in [-0.39, 0.29) is 11.8 Å². The van der Waals surface area contributed by atoms with Crippen LogP contribution in [0.1, 0.15) is 47.7 Å². The topological polar surface area (TPSA) is 83.9 Å². The maximum absolute atomic E-state index is 13.0. The number of piperidine rings is 1. The normalized spacial score (nSPS) is 20.6. The van der Waals surface area contributed by atoms with Gasteiger partial charge in [0.25, 0.3) is 11.8 Å². The smallest absolute Gasteiger partial charge is 0.269 e. The number of hydrogen-bond donors (Lipinski definition) is 1. The molecule has 1 aromatic carbocycles. The first-order valence-corrected chi connectivity index (χ1v) is 10.4. The molecule has 0 bridgehead atoms. The molecule has 3 heterocycles. The average Bonchev–Trinajstić information content (AvgIpc) is 3.20. The predicted molar refractivity (Wildman–Crippen MR) is 113 cm³/mol. The van der Waals surface area contributed by atoms with E-state index in [4.69, 9.17) is 4.84 Å². The van der Waals surface area contributed by atoms with Crippen molar-refractivity contribution in [2.45, 2.75) is 44.8 Å². The Hall–Kier alpha value is -3.22. The summed E-state index contributed by atoms with van der Waals surface area (Å²) in [5.41, 5.74) is 2.57. The molecule has 7 heteroatoms. The predicted octanol–water partition coefficient (Wildman–Crippen LogP) is 2.71. The maximum atomic E-state index is 13.0. The van der Waals surface area contributed by atoms with Crippen LogP contribution < -0.4 is 5.32 Å². The summed E-state index contributed by atoms with van der Waals surface area (Å²) in [6.45, 7) is 3.59. The van der Waals surface area contributed by atoms with Crippen molar-refractivity contribution >= 4 is 17.5 Å². The lowest BCUT2D eigenvalue weighted by atomic mass is 9.87. The Morgan fingerprint density at radius 2 is 2.03 bits per heavy atom. The third kappa shape index (κ3) is 4.35. The number of benzene rings is 1. The minimum absolute atomic E-state index is 0.00481. The molecule has 1 atom stereocenters. The molecule has 0 saturated carbocycles. The highest BCUT2D eigenvalue weighted by atomic mass is 16.7. The SMILES string of the molecule is CCc1ccc(C(=O)N2CCCC3(CC(C(=O)NCc4cccnc4)=NO3)C2)cc1. The largest absolute Gasteiger partial charge is 0.386 e. The van der Waals surface area contributed by atoms with Gasteiger partial charge in [-0.05, 0) is 48.6 Å². The summed E-state index contributed by atoms with van der Waals surface area (Å²) < 4.78 is 0. The second-order valence-corrected chi connectivity index (χ2v) is 7.91. The van der Waals surface area contributed by atoms with E-state index in [1.54, 1.807) is 12.4 Å². The molecule has 2 amide bonds. The van der Waals surface area contributed by atoms with Crippen LogP contribution >= 0.6 is 0 Å². The molecule has 0 aliphatic carbocycles. The van der Waals surface area contributed by atoms with Crippen LogP contribution in [0.4, 0.5) is 0 Å². The number of likely N-dealkylation sites (tertiary alicyclic amines) is 1. The van der Waals surface area contributed by atoms with E-state index in [0.717, 1.165) is 24.8 Å². The summed E-state index contributed by atoms with van der Waals surface area (Å²) in [7, 11) is 0. The van der Waals surface area contributed by atoms with E-state index in [1.807, 2.05) is 41.3 Å². The second kappa shape index (κ2) is 8.65. The van der Waals surface area contributed by atoms with Gasteiger partial charge in [0.15, 0.2) is 5.60 Å². The van der Waals surface area contributed by atoms with E-state index in [1.165, 1.54) is 5.56 Å². The Morgan fingerprint density at radius 3 is 2.77 bits per heavy atom. The molecule has 1 spiro atoms. The molecular weight excluding hydrogens is 380 g/mol. The minimum Gasteiger partial charge on any atom is -0.386 e. The molecule has 2 aromatic rings. The van der Waals surface area contributed by atoms with E-state index in [2.05, 4.69) is 22.4 Å². The summed E-state index contributed by atoms with van der Waals surface area (Å²) in [5, 5.41) is 6.93. The number of amides is 2. The third-order valence-electron chi connectivity index (χ3n) is 5.71. The van der Waals surface area contributed by atoms with Gasteiger partial charge in [0.1, 0.15) is 5.71 Å². The van der Waals surface area contributed by atoms with Crippen LogP contribution in [0.15, 0.2) is 53.9 Å². The molecule has 2 aliphatic heterocycles. The Balaban J connectivity index is 1.36. The van der Waals surface area contributed by atoms with Crippen LogP contribution in [0.2, 0.25) is 0 Å². The summed E-state index contributed by atoms with van der Waals surface area (Å²) in [4.78, 5) is 37.1. The Kier molecular flexibility index (Phi) is 5.79. The van der Waals surface area contributed by atoms with Gasteiger partial charge in [-0.1, -0.05) is 30.3 Å². The molecule has 1 fully saturated rings. The first-order valence-electron chi connectivity index (χ1n) is 10.4. The van der Waals surface area contributed by atoms with Crippen molar-refractivity contribution in [2.24, 2.45) is 5.16 Å². The van der Waals surface area contributed by atoms with Gasteiger partial charge in [-0.2, -0.15) is 0 Å². The molecule has 7 nitrogen and oxygen atoms in total. The van der Waals surface area contributed by atoms with Crippen molar-refractivity contribution in [2.75, 3.05) is 13.1 Å². The van der Waals surface area contributed by atoms with Crippen LogP contribution in [0, 0.1) is 0 Å². The number of oxime groups is 1. The molecule has 4 rings (SSSR count). The minimum atomic E-state index is -0.613. The first kappa shape index (κ1) is 20.1. The molecule has 30 heavy (non-hydrogen) atoms. The number of rotatable bonds is 5. The number of pyridine rings is 1. The van der Waals surface area contributed by atoms with Gasteiger partial charge in [-0.15, -0.1) is 0 Å². The number of carbonyl (C=O) groups is 2. The first-order chi connectivity index (χ1) is 14.6. The van der Waals surface area contributed by atoms with Crippen LogP contribution in [0.25, 0.3) is 0 Å². The van der Waals surface area contributed by atoms with Gasteiger partial charge in [-0.25, -0.2) is 0 Å². The molecule has 1 aromatic heterocycles. The van der Waals surface area contributed by atoms with Gasteiger partial charge in [0, 0.05) is 37.5 Å². The van der Waals surface area contributed by atoms with E-state index >= 15 is 0 Å². The summed E-state index contributed by atoms with van der Waals surface area (Å²) in [6.07, 6.45) is 6.35. The zero-order valence-electron chi connectivity index (χ0n) is 17.1. The van der Waals surface area contributed by atoms with Crippen molar-refractivity contribution in [1.29, 1.82) is 0 Å². The van der Waals surface area contributed by atoms with Crippen LogP contribution in [-0.4, -0.2) is 46.1 Å². The Morgan fingerprint density at radius 1 is 1.20 bits per heavy atom.